The van der Waals surface area contributed by atoms with Gasteiger partial charge in [0.15, 0.2) is 6.61 Å². The van der Waals surface area contributed by atoms with E-state index in [9.17, 15) is 9.59 Å². The second kappa shape index (κ2) is 9.97. The molecule has 0 spiro atoms. The lowest BCUT2D eigenvalue weighted by Crippen LogP contribution is -2.18. The van der Waals surface area contributed by atoms with E-state index in [4.69, 9.17) is 25.8 Å². The van der Waals surface area contributed by atoms with Crippen molar-refractivity contribution in [1.29, 1.82) is 0 Å². The second-order valence-electron chi connectivity index (χ2n) is 6.15. The van der Waals surface area contributed by atoms with Gasteiger partial charge in [0, 0.05) is 5.02 Å². The lowest BCUT2D eigenvalue weighted by Gasteiger charge is -2.10. The van der Waals surface area contributed by atoms with E-state index in [2.05, 4.69) is 0 Å². The number of halogens is 1. The highest BCUT2D eigenvalue weighted by molar-refractivity contribution is 6.32. The van der Waals surface area contributed by atoms with Gasteiger partial charge in [-0.3, -0.25) is 0 Å². The minimum Gasteiger partial charge on any atom is -0.482 e. The van der Waals surface area contributed by atoms with Crippen molar-refractivity contribution >= 4 is 23.5 Å². The molecule has 2 rings (SSSR count). The summed E-state index contributed by atoms with van der Waals surface area (Å²) >= 11 is 6.11. The largest absolute Gasteiger partial charge is 0.482 e. The summed E-state index contributed by atoms with van der Waals surface area (Å²) in [5, 5.41) is 0.679. The number of hydrogen-bond acceptors (Lipinski definition) is 5. The molecule has 5 nitrogen and oxygen atoms in total. The predicted octanol–water partition coefficient (Wildman–Crippen LogP) is 4.90. The number of hydrogen-bond donors (Lipinski definition) is 0. The van der Waals surface area contributed by atoms with Crippen LogP contribution in [0.15, 0.2) is 36.4 Å². The molecule has 0 aliphatic carbocycles. The van der Waals surface area contributed by atoms with Crippen molar-refractivity contribution in [1.82, 2.24) is 0 Å². The van der Waals surface area contributed by atoms with Gasteiger partial charge in [-0.2, -0.15) is 0 Å². The molecule has 144 valence electrons. The summed E-state index contributed by atoms with van der Waals surface area (Å²) in [6, 6.07) is 9.74. The van der Waals surface area contributed by atoms with Gasteiger partial charge in [-0.25, -0.2) is 9.59 Å². The minimum atomic E-state index is -0.543. The maximum absolute atomic E-state index is 12.0. The fourth-order valence-electron chi connectivity index (χ4n) is 2.34. The van der Waals surface area contributed by atoms with E-state index in [-0.39, 0.29) is 6.61 Å². The van der Waals surface area contributed by atoms with E-state index in [1.165, 1.54) is 0 Å². The molecule has 0 atom stereocenters. The van der Waals surface area contributed by atoms with Crippen LogP contribution in [-0.4, -0.2) is 25.2 Å². The van der Waals surface area contributed by atoms with Gasteiger partial charge in [0.05, 0.1) is 12.2 Å². The maximum atomic E-state index is 12.0. The molecule has 0 fully saturated rings. The smallest absolute Gasteiger partial charge is 0.349 e. The van der Waals surface area contributed by atoms with Crippen LogP contribution in [0.25, 0.3) is 0 Å². The summed E-state index contributed by atoms with van der Waals surface area (Å²) in [5.41, 5.74) is 2.16. The molecular weight excluding hydrogens is 368 g/mol. The summed E-state index contributed by atoms with van der Waals surface area (Å²) in [4.78, 5) is 23.8. The Kier molecular flexibility index (Phi) is 7.67. The van der Waals surface area contributed by atoms with Crippen molar-refractivity contribution in [2.24, 2.45) is 0 Å². The van der Waals surface area contributed by atoms with E-state index in [0.29, 0.717) is 28.7 Å². The van der Waals surface area contributed by atoms with Crippen molar-refractivity contribution in [3.8, 4) is 11.5 Å². The summed E-state index contributed by atoms with van der Waals surface area (Å²) < 4.78 is 15.8. The number of carbonyl (C=O) groups is 2. The molecule has 0 aliphatic rings. The molecule has 2 aromatic rings. The van der Waals surface area contributed by atoms with Gasteiger partial charge in [-0.1, -0.05) is 24.9 Å². The summed E-state index contributed by atoms with van der Waals surface area (Å²) in [6.07, 6.45) is 1.79. The standard InChI is InChI=1S/C21H23ClO5/c1-4-5-10-25-21(24)16-6-8-17(9-7-16)27-19(23)13-26-18-11-14(2)20(22)15(3)12-18/h6-9,11-12H,4-5,10,13H2,1-3H3. The Morgan fingerprint density at radius 1 is 1.00 bits per heavy atom. The Morgan fingerprint density at radius 3 is 2.22 bits per heavy atom. The topological polar surface area (TPSA) is 61.8 Å². The molecule has 2 aromatic carbocycles. The molecule has 0 unspecified atom stereocenters. The number of rotatable bonds is 8. The Labute approximate surface area is 164 Å². The van der Waals surface area contributed by atoms with Gasteiger partial charge >= 0.3 is 11.9 Å². The Hall–Kier alpha value is -2.53. The Balaban J connectivity index is 1.86. The van der Waals surface area contributed by atoms with Crippen molar-refractivity contribution < 1.29 is 23.8 Å². The molecule has 0 N–H and O–H groups in total. The van der Waals surface area contributed by atoms with Crippen LogP contribution in [0.3, 0.4) is 0 Å². The van der Waals surface area contributed by atoms with Gasteiger partial charge < -0.3 is 14.2 Å². The van der Waals surface area contributed by atoms with Crippen molar-refractivity contribution in [2.45, 2.75) is 33.6 Å². The van der Waals surface area contributed by atoms with Gasteiger partial charge in [-0.15, -0.1) is 0 Å². The number of benzene rings is 2. The monoisotopic (exact) mass is 390 g/mol. The maximum Gasteiger partial charge on any atom is 0.349 e. The predicted molar refractivity (Wildman–Crippen MR) is 104 cm³/mol. The van der Waals surface area contributed by atoms with Crippen LogP contribution in [-0.2, 0) is 9.53 Å². The van der Waals surface area contributed by atoms with Crippen LogP contribution >= 0.6 is 11.6 Å². The van der Waals surface area contributed by atoms with E-state index in [1.807, 2.05) is 20.8 Å². The van der Waals surface area contributed by atoms with Crippen LogP contribution in [0.1, 0.15) is 41.3 Å². The number of ether oxygens (including phenoxy) is 3. The molecule has 0 aromatic heterocycles. The van der Waals surface area contributed by atoms with Crippen molar-refractivity contribution in [2.75, 3.05) is 13.2 Å². The number of esters is 2. The molecule has 27 heavy (non-hydrogen) atoms. The zero-order valence-electron chi connectivity index (χ0n) is 15.7. The van der Waals surface area contributed by atoms with Gasteiger partial charge in [0.1, 0.15) is 11.5 Å². The van der Waals surface area contributed by atoms with E-state index in [1.54, 1.807) is 36.4 Å². The molecule has 0 amide bonds. The van der Waals surface area contributed by atoms with E-state index in [0.717, 1.165) is 24.0 Å². The first-order valence-corrected chi connectivity index (χ1v) is 9.16. The molecule has 0 aliphatic heterocycles. The van der Waals surface area contributed by atoms with Crippen LogP contribution in [0, 0.1) is 13.8 Å². The lowest BCUT2D eigenvalue weighted by atomic mass is 10.1. The third-order valence-corrected chi connectivity index (χ3v) is 4.42. The van der Waals surface area contributed by atoms with Crippen LogP contribution < -0.4 is 9.47 Å². The minimum absolute atomic E-state index is 0.235. The lowest BCUT2D eigenvalue weighted by molar-refractivity contribution is -0.136. The number of unbranched alkanes of at least 4 members (excludes halogenated alkanes) is 1. The number of carbonyl (C=O) groups excluding carboxylic acids is 2. The molecule has 0 saturated heterocycles. The quantitative estimate of drug-likeness (QED) is 0.364. The van der Waals surface area contributed by atoms with E-state index < -0.39 is 11.9 Å². The molecule has 0 saturated carbocycles. The first kappa shape index (κ1) is 20.8. The van der Waals surface area contributed by atoms with Crippen LogP contribution in [0.5, 0.6) is 11.5 Å². The zero-order valence-corrected chi connectivity index (χ0v) is 16.5. The van der Waals surface area contributed by atoms with Gasteiger partial charge in [-0.05, 0) is 67.8 Å². The van der Waals surface area contributed by atoms with Crippen LogP contribution in [0.4, 0.5) is 0 Å². The van der Waals surface area contributed by atoms with Crippen molar-refractivity contribution in [3.63, 3.8) is 0 Å². The van der Waals surface area contributed by atoms with E-state index >= 15 is 0 Å². The summed E-state index contributed by atoms with van der Waals surface area (Å²) in [5.74, 6) is -0.0506. The Bertz CT molecular complexity index is 776. The third-order valence-electron chi connectivity index (χ3n) is 3.82. The molecule has 0 bridgehead atoms. The molecule has 0 heterocycles. The van der Waals surface area contributed by atoms with Crippen LogP contribution in [0.2, 0.25) is 5.02 Å². The third kappa shape index (κ3) is 6.29. The average molecular weight is 391 g/mol. The molecule has 6 heteroatoms. The number of aryl methyl sites for hydroxylation is 2. The SMILES string of the molecule is CCCCOC(=O)c1ccc(OC(=O)COc2cc(C)c(Cl)c(C)c2)cc1. The van der Waals surface area contributed by atoms with Crippen molar-refractivity contribution in [3.05, 3.63) is 58.1 Å². The first-order chi connectivity index (χ1) is 12.9. The summed E-state index contributed by atoms with van der Waals surface area (Å²) in [6.45, 7) is 5.93. The fraction of sp³-hybridized carbons (Fsp3) is 0.333. The summed E-state index contributed by atoms with van der Waals surface area (Å²) in [7, 11) is 0. The second-order valence-corrected chi connectivity index (χ2v) is 6.53. The highest BCUT2D eigenvalue weighted by Crippen LogP contribution is 2.25. The normalized spacial score (nSPS) is 10.4. The zero-order chi connectivity index (χ0) is 19.8. The Morgan fingerprint density at radius 2 is 1.63 bits per heavy atom. The molecular formula is C21H23ClO5. The first-order valence-electron chi connectivity index (χ1n) is 8.78. The highest BCUT2D eigenvalue weighted by Gasteiger charge is 2.11. The van der Waals surface area contributed by atoms with Gasteiger partial charge in [0.25, 0.3) is 0 Å². The molecule has 0 radical (unpaired) electrons. The fourth-order valence-corrected chi connectivity index (χ4v) is 2.45. The van der Waals surface area contributed by atoms with Gasteiger partial charge in [0.2, 0.25) is 0 Å². The average Bonchev–Trinajstić information content (AvgIpc) is 2.65. The highest BCUT2D eigenvalue weighted by atomic mass is 35.5.